The summed E-state index contributed by atoms with van der Waals surface area (Å²) >= 11 is 0. The van der Waals surface area contributed by atoms with Crippen molar-refractivity contribution in [3.05, 3.63) is 53.6 Å². The topological polar surface area (TPSA) is 97.2 Å². The molecule has 0 aromatic heterocycles. The van der Waals surface area contributed by atoms with Crippen LogP contribution in [0.25, 0.3) is 0 Å². The van der Waals surface area contributed by atoms with Crippen LogP contribution in [0, 0.1) is 0 Å². The van der Waals surface area contributed by atoms with Gasteiger partial charge in [0, 0.05) is 19.3 Å². The molecule has 0 radical (unpaired) electrons. The smallest absolute Gasteiger partial charge is 0.207 e. The van der Waals surface area contributed by atoms with Gasteiger partial charge in [-0.2, -0.15) is 0 Å². The molecule has 0 aliphatic rings. The van der Waals surface area contributed by atoms with Crippen molar-refractivity contribution in [1.82, 2.24) is 5.32 Å². The highest BCUT2D eigenvalue weighted by Gasteiger charge is 2.23. The lowest BCUT2D eigenvalue weighted by Gasteiger charge is -2.18. The van der Waals surface area contributed by atoms with Crippen LogP contribution in [0.3, 0.4) is 0 Å². The molecule has 7 nitrogen and oxygen atoms in total. The number of ether oxygens (including phenoxy) is 3. The van der Waals surface area contributed by atoms with E-state index in [-0.39, 0.29) is 18.9 Å². The first-order valence-electron chi connectivity index (χ1n) is 8.91. The van der Waals surface area contributed by atoms with E-state index in [4.69, 9.17) is 14.2 Å². The molecule has 0 aliphatic heterocycles. The molecule has 0 aliphatic carbocycles. The third kappa shape index (κ3) is 6.53. The molecule has 1 unspecified atom stereocenters. The second-order valence-corrected chi connectivity index (χ2v) is 8.86. The van der Waals surface area contributed by atoms with Crippen molar-refractivity contribution in [2.75, 3.05) is 34.0 Å². The highest BCUT2D eigenvalue weighted by atomic mass is 31.2. The third-order valence-corrected chi connectivity index (χ3v) is 6.05. The van der Waals surface area contributed by atoms with E-state index in [2.05, 4.69) is 5.32 Å². The molecule has 2 aromatic rings. The Kier molecular flexibility index (Phi) is 8.33. The van der Waals surface area contributed by atoms with Gasteiger partial charge in [0.1, 0.15) is 0 Å². The zero-order valence-electron chi connectivity index (χ0n) is 16.4. The first-order chi connectivity index (χ1) is 13.4. The fourth-order valence-electron chi connectivity index (χ4n) is 2.95. The minimum absolute atomic E-state index is 0.0534. The summed E-state index contributed by atoms with van der Waals surface area (Å²) in [5, 5.41) is 13.3. The fraction of sp³-hybridized carbons (Fsp3) is 0.400. The maximum absolute atomic E-state index is 12.4. The zero-order chi connectivity index (χ0) is 20.6. The number of rotatable bonds is 11. The highest BCUT2D eigenvalue weighted by molar-refractivity contribution is 7.57. The molecule has 0 amide bonds. The molecule has 2 atom stereocenters. The summed E-state index contributed by atoms with van der Waals surface area (Å²) in [7, 11) is 1.16. The number of nitrogens with one attached hydrogen (secondary N) is 1. The first kappa shape index (κ1) is 22.2. The van der Waals surface area contributed by atoms with Gasteiger partial charge in [0.25, 0.3) is 0 Å². The van der Waals surface area contributed by atoms with Crippen molar-refractivity contribution in [1.29, 1.82) is 0 Å². The number of benzene rings is 2. The molecule has 0 spiro atoms. The Morgan fingerprint density at radius 2 is 1.61 bits per heavy atom. The van der Waals surface area contributed by atoms with Crippen molar-refractivity contribution >= 4 is 7.37 Å². The maximum Gasteiger partial charge on any atom is 0.207 e. The summed E-state index contributed by atoms with van der Waals surface area (Å²) in [6.45, 7) is 0.623. The molecule has 0 bridgehead atoms. The van der Waals surface area contributed by atoms with E-state index < -0.39 is 13.5 Å². The summed E-state index contributed by atoms with van der Waals surface area (Å²) in [5.41, 5.74) is 1.66. The number of aliphatic hydroxyl groups excluding tert-OH is 1. The molecule has 0 saturated heterocycles. The summed E-state index contributed by atoms with van der Waals surface area (Å²) < 4.78 is 28.3. The van der Waals surface area contributed by atoms with Crippen LogP contribution in [0.2, 0.25) is 0 Å². The van der Waals surface area contributed by atoms with Gasteiger partial charge in [-0.15, -0.1) is 0 Å². The maximum atomic E-state index is 12.4. The van der Waals surface area contributed by atoms with Gasteiger partial charge in [-0.3, -0.25) is 4.57 Å². The molecule has 0 saturated carbocycles. The number of aliphatic hydroxyl groups is 1. The lowest BCUT2D eigenvalue weighted by molar-refractivity contribution is 0.190. The van der Waals surface area contributed by atoms with Gasteiger partial charge < -0.3 is 29.5 Å². The Bertz CT molecular complexity index is 774. The van der Waals surface area contributed by atoms with Crippen molar-refractivity contribution in [3.63, 3.8) is 0 Å². The Morgan fingerprint density at radius 3 is 2.14 bits per heavy atom. The van der Waals surface area contributed by atoms with E-state index in [1.807, 2.05) is 30.3 Å². The molecule has 0 heterocycles. The number of methoxy groups -OCH3 is 3. The van der Waals surface area contributed by atoms with E-state index in [9.17, 15) is 14.6 Å². The average molecular weight is 409 g/mol. The Morgan fingerprint density at radius 1 is 1.00 bits per heavy atom. The quantitative estimate of drug-likeness (QED) is 0.491. The molecule has 154 valence electrons. The van der Waals surface area contributed by atoms with Gasteiger partial charge >= 0.3 is 0 Å². The largest absolute Gasteiger partial charge is 0.493 e. The van der Waals surface area contributed by atoms with Crippen LogP contribution in [0.15, 0.2) is 42.5 Å². The number of hydrogen-bond acceptors (Lipinski definition) is 6. The molecular weight excluding hydrogens is 381 g/mol. The SMILES string of the molecule is COc1cc(CNC[C@H](O)CP(=O)(O)Cc2ccccc2)cc(OC)c1OC. The van der Waals surface area contributed by atoms with Crippen LogP contribution in [0.4, 0.5) is 0 Å². The number of hydrogen-bond donors (Lipinski definition) is 3. The van der Waals surface area contributed by atoms with Crippen molar-refractivity contribution in [2.45, 2.75) is 18.8 Å². The second-order valence-electron chi connectivity index (χ2n) is 6.49. The van der Waals surface area contributed by atoms with Gasteiger partial charge in [-0.05, 0) is 23.3 Å². The fourth-order valence-corrected chi connectivity index (χ4v) is 4.65. The van der Waals surface area contributed by atoms with Gasteiger partial charge in [0.2, 0.25) is 13.1 Å². The van der Waals surface area contributed by atoms with E-state index >= 15 is 0 Å². The van der Waals surface area contributed by atoms with Gasteiger partial charge in [0.05, 0.1) is 33.6 Å². The molecule has 28 heavy (non-hydrogen) atoms. The van der Waals surface area contributed by atoms with E-state index in [0.717, 1.165) is 11.1 Å². The van der Waals surface area contributed by atoms with E-state index in [0.29, 0.717) is 23.8 Å². The summed E-state index contributed by atoms with van der Waals surface area (Å²) in [6, 6.07) is 12.7. The van der Waals surface area contributed by atoms with Crippen LogP contribution in [0.1, 0.15) is 11.1 Å². The van der Waals surface area contributed by atoms with Crippen molar-refractivity contribution in [2.24, 2.45) is 0 Å². The predicted molar refractivity (Wildman–Crippen MR) is 109 cm³/mol. The molecule has 8 heteroatoms. The lowest BCUT2D eigenvalue weighted by Crippen LogP contribution is -2.29. The summed E-state index contributed by atoms with van der Waals surface area (Å²) in [4.78, 5) is 10.2. The average Bonchev–Trinajstić information content (AvgIpc) is 2.67. The Labute approximate surface area is 165 Å². The van der Waals surface area contributed by atoms with Gasteiger partial charge in [-0.25, -0.2) is 0 Å². The summed E-state index contributed by atoms with van der Waals surface area (Å²) in [6.07, 6.45) is -1.04. The molecule has 3 N–H and O–H groups in total. The molecule has 2 rings (SSSR count). The van der Waals surface area contributed by atoms with Crippen molar-refractivity contribution < 1.29 is 28.8 Å². The monoisotopic (exact) mass is 409 g/mol. The Hall–Kier alpha value is -2.05. The zero-order valence-corrected chi connectivity index (χ0v) is 17.3. The molecule has 2 aromatic carbocycles. The van der Waals surface area contributed by atoms with Crippen LogP contribution in [-0.2, 0) is 17.3 Å². The van der Waals surface area contributed by atoms with Crippen LogP contribution < -0.4 is 19.5 Å². The van der Waals surface area contributed by atoms with E-state index in [1.165, 1.54) is 7.11 Å². The first-order valence-corrected chi connectivity index (χ1v) is 10.9. The minimum atomic E-state index is -3.47. The summed E-state index contributed by atoms with van der Waals surface area (Å²) in [5.74, 6) is 1.60. The second kappa shape index (κ2) is 10.5. The van der Waals surface area contributed by atoms with Crippen LogP contribution in [0.5, 0.6) is 17.2 Å². The Balaban J connectivity index is 1.89. The lowest BCUT2D eigenvalue weighted by atomic mass is 10.1. The van der Waals surface area contributed by atoms with Crippen LogP contribution >= 0.6 is 7.37 Å². The normalized spacial score (nSPS) is 14.2. The minimum Gasteiger partial charge on any atom is -0.493 e. The standard InChI is InChI=1S/C20H28NO6P/c1-25-18-9-16(10-19(26-2)20(18)27-3)11-21-12-17(22)14-28(23,24)13-15-7-5-4-6-8-15/h4-10,17,21-22H,11-14H2,1-3H3,(H,23,24)/t17-/m0/s1. The third-order valence-electron chi connectivity index (χ3n) is 4.20. The van der Waals surface area contributed by atoms with E-state index in [1.54, 1.807) is 26.4 Å². The van der Waals surface area contributed by atoms with Gasteiger partial charge in [0.15, 0.2) is 11.5 Å². The van der Waals surface area contributed by atoms with Gasteiger partial charge in [-0.1, -0.05) is 30.3 Å². The predicted octanol–water partition coefficient (Wildman–Crippen LogP) is 2.63. The molecular formula is C20H28NO6P. The molecule has 0 fully saturated rings. The van der Waals surface area contributed by atoms with Crippen molar-refractivity contribution in [3.8, 4) is 17.2 Å². The van der Waals surface area contributed by atoms with Crippen LogP contribution in [-0.4, -0.2) is 50.1 Å². The highest BCUT2D eigenvalue weighted by Crippen LogP contribution is 2.44.